The first-order valence-corrected chi connectivity index (χ1v) is 5.95. The predicted octanol–water partition coefficient (Wildman–Crippen LogP) is 0.830. The van der Waals surface area contributed by atoms with Crippen LogP contribution in [0.1, 0.15) is 5.56 Å². The lowest BCUT2D eigenvalue weighted by Gasteiger charge is -2.22. The summed E-state index contributed by atoms with van der Waals surface area (Å²) in [6.45, 7) is 3.16. The zero-order chi connectivity index (χ0) is 13.8. The molecule has 1 saturated heterocycles. The van der Waals surface area contributed by atoms with E-state index in [0.29, 0.717) is 31.0 Å². The highest BCUT2D eigenvalue weighted by molar-refractivity contribution is 5.95. The second-order valence-electron chi connectivity index (χ2n) is 4.33. The zero-order valence-electron chi connectivity index (χ0n) is 10.5. The summed E-state index contributed by atoms with van der Waals surface area (Å²) in [5.41, 5.74) is 0.961. The molecule has 1 heterocycles. The van der Waals surface area contributed by atoms with E-state index in [1.54, 1.807) is 19.1 Å². The first kappa shape index (κ1) is 13.4. The van der Waals surface area contributed by atoms with Crippen LogP contribution >= 0.6 is 0 Å². The van der Waals surface area contributed by atoms with Crippen molar-refractivity contribution in [3.05, 3.63) is 33.9 Å². The average Bonchev–Trinajstić information content (AvgIpc) is 2.41. The number of amides is 1. The molecule has 102 valence electrons. The predicted molar refractivity (Wildman–Crippen MR) is 69.1 cm³/mol. The van der Waals surface area contributed by atoms with Crippen molar-refractivity contribution in [2.24, 2.45) is 0 Å². The van der Waals surface area contributed by atoms with Gasteiger partial charge in [-0.2, -0.15) is 0 Å². The number of rotatable bonds is 3. The van der Waals surface area contributed by atoms with Gasteiger partial charge in [-0.3, -0.25) is 14.9 Å². The van der Waals surface area contributed by atoms with Crippen LogP contribution in [0.15, 0.2) is 18.2 Å². The molecule has 1 unspecified atom stereocenters. The van der Waals surface area contributed by atoms with Gasteiger partial charge in [0.15, 0.2) is 0 Å². The summed E-state index contributed by atoms with van der Waals surface area (Å²) in [5, 5.41) is 16.5. The summed E-state index contributed by atoms with van der Waals surface area (Å²) in [6, 6.07) is 4.19. The van der Waals surface area contributed by atoms with Gasteiger partial charge < -0.3 is 15.4 Å². The number of morpholine rings is 1. The molecule has 0 radical (unpaired) electrons. The number of benzene rings is 1. The molecule has 0 bridgehead atoms. The number of hydrogen-bond acceptors (Lipinski definition) is 5. The van der Waals surface area contributed by atoms with Crippen LogP contribution in [0.5, 0.6) is 0 Å². The molecule has 1 amide bonds. The minimum Gasteiger partial charge on any atom is -0.378 e. The Morgan fingerprint density at radius 1 is 1.58 bits per heavy atom. The molecule has 0 aliphatic carbocycles. The largest absolute Gasteiger partial charge is 0.378 e. The molecule has 0 saturated carbocycles. The summed E-state index contributed by atoms with van der Waals surface area (Å²) in [7, 11) is 0. The van der Waals surface area contributed by atoms with E-state index in [1.165, 1.54) is 6.07 Å². The Labute approximate surface area is 110 Å². The van der Waals surface area contributed by atoms with Gasteiger partial charge in [0.2, 0.25) is 5.91 Å². The average molecular weight is 265 g/mol. The summed E-state index contributed by atoms with van der Waals surface area (Å²) in [6.07, 6.45) is 0. The Balaban J connectivity index is 2.08. The van der Waals surface area contributed by atoms with Crippen LogP contribution in [0.2, 0.25) is 0 Å². The fourth-order valence-corrected chi connectivity index (χ4v) is 1.85. The Kier molecular flexibility index (Phi) is 4.08. The van der Waals surface area contributed by atoms with E-state index in [4.69, 9.17) is 4.74 Å². The molecular formula is C12H15N3O4. The Hall–Kier alpha value is -1.99. The monoisotopic (exact) mass is 265 g/mol. The first-order valence-electron chi connectivity index (χ1n) is 5.95. The second-order valence-corrected chi connectivity index (χ2v) is 4.33. The maximum Gasteiger partial charge on any atom is 0.274 e. The van der Waals surface area contributed by atoms with Crippen LogP contribution in [0, 0.1) is 17.0 Å². The summed E-state index contributed by atoms with van der Waals surface area (Å²) in [5.74, 6) is -0.252. The lowest BCUT2D eigenvalue weighted by molar-refractivity contribution is -0.385. The normalized spacial score (nSPS) is 18.9. The summed E-state index contributed by atoms with van der Waals surface area (Å²) < 4.78 is 5.19. The number of carbonyl (C=O) groups excluding carboxylic acids is 1. The molecule has 1 fully saturated rings. The standard InChI is InChI=1S/C12H15N3O4/c1-8-2-3-9(6-11(8)15(17)18)14-12(16)10-7-19-5-4-13-10/h2-3,6,10,13H,4-5,7H2,1H3,(H,14,16). The number of hydrogen-bond donors (Lipinski definition) is 2. The smallest absolute Gasteiger partial charge is 0.274 e. The van der Waals surface area contributed by atoms with Gasteiger partial charge in [-0.15, -0.1) is 0 Å². The van der Waals surface area contributed by atoms with Crippen molar-refractivity contribution in [3.63, 3.8) is 0 Å². The molecule has 1 aliphatic rings. The maximum absolute atomic E-state index is 11.9. The molecule has 7 nitrogen and oxygen atoms in total. The fraction of sp³-hybridized carbons (Fsp3) is 0.417. The van der Waals surface area contributed by atoms with Crippen molar-refractivity contribution < 1.29 is 14.5 Å². The van der Waals surface area contributed by atoms with Crippen molar-refractivity contribution in [2.45, 2.75) is 13.0 Å². The molecular weight excluding hydrogens is 250 g/mol. The number of anilines is 1. The van der Waals surface area contributed by atoms with Gasteiger partial charge in [-0.05, 0) is 13.0 Å². The molecule has 0 spiro atoms. The highest BCUT2D eigenvalue weighted by Crippen LogP contribution is 2.22. The Morgan fingerprint density at radius 2 is 2.37 bits per heavy atom. The summed E-state index contributed by atoms with van der Waals surface area (Å²) in [4.78, 5) is 22.3. The van der Waals surface area contributed by atoms with E-state index in [9.17, 15) is 14.9 Å². The van der Waals surface area contributed by atoms with Gasteiger partial charge in [0, 0.05) is 23.9 Å². The van der Waals surface area contributed by atoms with Crippen LogP contribution in [0.3, 0.4) is 0 Å². The number of nitro benzene ring substituents is 1. The van der Waals surface area contributed by atoms with Crippen LogP contribution in [-0.2, 0) is 9.53 Å². The van der Waals surface area contributed by atoms with Crippen molar-refractivity contribution in [1.29, 1.82) is 0 Å². The van der Waals surface area contributed by atoms with E-state index in [2.05, 4.69) is 10.6 Å². The van der Waals surface area contributed by atoms with E-state index in [-0.39, 0.29) is 11.6 Å². The maximum atomic E-state index is 11.9. The molecule has 1 atom stereocenters. The van der Waals surface area contributed by atoms with Gasteiger partial charge >= 0.3 is 0 Å². The fourth-order valence-electron chi connectivity index (χ4n) is 1.85. The van der Waals surface area contributed by atoms with E-state index >= 15 is 0 Å². The number of carbonyl (C=O) groups is 1. The summed E-state index contributed by atoms with van der Waals surface area (Å²) >= 11 is 0. The van der Waals surface area contributed by atoms with Crippen LogP contribution < -0.4 is 10.6 Å². The highest BCUT2D eigenvalue weighted by atomic mass is 16.6. The molecule has 0 aromatic heterocycles. The minimum atomic E-state index is -0.465. The zero-order valence-corrected chi connectivity index (χ0v) is 10.5. The number of nitro groups is 1. The van der Waals surface area contributed by atoms with Crippen LogP contribution in [-0.4, -0.2) is 36.6 Å². The highest BCUT2D eigenvalue weighted by Gasteiger charge is 2.21. The Bertz CT molecular complexity index is 498. The van der Waals surface area contributed by atoms with Crippen molar-refractivity contribution >= 4 is 17.3 Å². The van der Waals surface area contributed by atoms with Crippen molar-refractivity contribution in [3.8, 4) is 0 Å². The number of aryl methyl sites for hydroxylation is 1. The molecule has 7 heteroatoms. The minimum absolute atomic E-state index is 0.00865. The van der Waals surface area contributed by atoms with Gasteiger partial charge in [0.1, 0.15) is 6.04 Å². The van der Waals surface area contributed by atoms with E-state index in [0.717, 1.165) is 0 Å². The lowest BCUT2D eigenvalue weighted by atomic mass is 10.1. The Morgan fingerprint density at radius 3 is 3.00 bits per heavy atom. The van der Waals surface area contributed by atoms with Crippen LogP contribution in [0.4, 0.5) is 11.4 Å². The SMILES string of the molecule is Cc1ccc(NC(=O)C2COCCN2)cc1[N+](=O)[O-]. The topological polar surface area (TPSA) is 93.5 Å². The first-order chi connectivity index (χ1) is 9.08. The lowest BCUT2D eigenvalue weighted by Crippen LogP contribution is -2.48. The number of nitrogens with one attached hydrogen (secondary N) is 2. The van der Waals surface area contributed by atoms with Gasteiger partial charge in [-0.1, -0.05) is 6.07 Å². The van der Waals surface area contributed by atoms with Crippen LogP contribution in [0.25, 0.3) is 0 Å². The molecule has 1 aromatic carbocycles. The molecule has 2 rings (SSSR count). The molecule has 1 aliphatic heterocycles. The third-order valence-corrected chi connectivity index (χ3v) is 2.91. The van der Waals surface area contributed by atoms with Gasteiger partial charge in [0.25, 0.3) is 5.69 Å². The van der Waals surface area contributed by atoms with E-state index < -0.39 is 11.0 Å². The number of nitrogens with zero attached hydrogens (tertiary/aromatic N) is 1. The van der Waals surface area contributed by atoms with E-state index in [1.807, 2.05) is 0 Å². The molecule has 1 aromatic rings. The molecule has 2 N–H and O–H groups in total. The number of ether oxygens (including phenoxy) is 1. The van der Waals surface area contributed by atoms with Crippen molar-refractivity contribution in [2.75, 3.05) is 25.1 Å². The molecule has 19 heavy (non-hydrogen) atoms. The van der Waals surface area contributed by atoms with Gasteiger partial charge in [-0.25, -0.2) is 0 Å². The third-order valence-electron chi connectivity index (χ3n) is 2.91. The van der Waals surface area contributed by atoms with Crippen molar-refractivity contribution in [1.82, 2.24) is 5.32 Å². The third kappa shape index (κ3) is 3.27. The van der Waals surface area contributed by atoms with Gasteiger partial charge in [0.05, 0.1) is 18.1 Å². The second kappa shape index (κ2) is 5.77. The quantitative estimate of drug-likeness (QED) is 0.623.